The molecule has 68 heavy (non-hydrogen) atoms. The van der Waals surface area contributed by atoms with E-state index in [1.54, 1.807) is 0 Å². The summed E-state index contributed by atoms with van der Waals surface area (Å²) in [4.78, 5) is 15.5. The van der Waals surface area contributed by atoms with Crippen molar-refractivity contribution >= 4 is 53.3 Å². The van der Waals surface area contributed by atoms with Gasteiger partial charge in [-0.2, -0.15) is 9.97 Å². The van der Waals surface area contributed by atoms with Gasteiger partial charge >= 0.3 is 0 Å². The van der Waals surface area contributed by atoms with Gasteiger partial charge in [0.2, 0.25) is 5.95 Å². The van der Waals surface area contributed by atoms with Gasteiger partial charge in [-0.1, -0.05) is 86.6 Å². The van der Waals surface area contributed by atoms with E-state index in [9.17, 15) is 0 Å². The lowest BCUT2D eigenvalue weighted by molar-refractivity contribution is -0.150. The first-order chi connectivity index (χ1) is 33.5. The van der Waals surface area contributed by atoms with Gasteiger partial charge in [-0.15, -0.1) is 11.3 Å². The second-order valence-electron chi connectivity index (χ2n) is 19.0. The highest BCUT2D eigenvalue weighted by atomic mass is 32.1. The van der Waals surface area contributed by atoms with Crippen LogP contribution in [0.15, 0.2) is 109 Å². The average molecular weight is 933 g/mol. The van der Waals surface area contributed by atoms with Crippen LogP contribution in [0.25, 0.3) is 70.7 Å². The lowest BCUT2D eigenvalue weighted by Gasteiger charge is -2.40. The fourth-order valence-electron chi connectivity index (χ4n) is 9.45. The number of nitrogens with zero attached hydrogens (tertiary/aromatic N) is 4. The molecule has 2 aliphatic rings. The van der Waals surface area contributed by atoms with Crippen molar-refractivity contribution in [2.24, 2.45) is 10.8 Å². The maximum absolute atomic E-state index is 6.35. The van der Waals surface area contributed by atoms with E-state index in [1.807, 2.05) is 47.7 Å². The molecule has 2 aliphatic heterocycles. The van der Waals surface area contributed by atoms with Gasteiger partial charge in [0.25, 0.3) is 0 Å². The third-order valence-electron chi connectivity index (χ3n) is 14.0. The molecule has 2 saturated heterocycles. The van der Waals surface area contributed by atoms with Gasteiger partial charge in [-0.25, -0.2) is 4.98 Å². The number of fused-ring (bicyclic) bond motifs is 7. The smallest absolute Gasteiger partial charge is 0.238 e. The Hall–Kier alpha value is -5.11. The molecule has 10 rings (SSSR count). The number of hydrogen-bond acceptors (Lipinski definition) is 10. The van der Waals surface area contributed by atoms with Crippen LogP contribution in [0.3, 0.4) is 0 Å². The Morgan fingerprint density at radius 1 is 0.515 bits per heavy atom. The summed E-state index contributed by atoms with van der Waals surface area (Å²) >= 11 is 1.83. The molecule has 0 radical (unpaired) electrons. The van der Waals surface area contributed by atoms with Crippen LogP contribution >= 0.6 is 11.3 Å². The largest absolute Gasteiger partial charge is 0.381 e. The third-order valence-corrected chi connectivity index (χ3v) is 15.2. The Bertz CT molecular complexity index is 2860. The molecular formula is C57H64N4O6S. The van der Waals surface area contributed by atoms with Crippen LogP contribution in [0.5, 0.6) is 0 Å². The fourth-order valence-corrected chi connectivity index (χ4v) is 10.5. The first-order valence-electron chi connectivity index (χ1n) is 24.8. The van der Waals surface area contributed by atoms with Gasteiger partial charge in [0, 0.05) is 79.3 Å². The van der Waals surface area contributed by atoms with Gasteiger partial charge in [-0.05, 0) is 98.9 Å². The fraction of sp³-hybridized carbons (Fsp3) is 0.421. The Labute approximate surface area is 403 Å². The van der Waals surface area contributed by atoms with Crippen LogP contribution < -0.4 is 0 Å². The van der Waals surface area contributed by atoms with Crippen LogP contribution in [0.1, 0.15) is 76.3 Å². The molecule has 11 heteroatoms. The monoisotopic (exact) mass is 932 g/mol. The van der Waals surface area contributed by atoms with Crippen LogP contribution in [-0.4, -0.2) is 85.6 Å². The van der Waals surface area contributed by atoms with E-state index in [0.717, 1.165) is 144 Å². The molecule has 3 aromatic heterocycles. The number of hydrogen-bond donors (Lipinski definition) is 0. The molecule has 0 spiro atoms. The molecule has 5 aromatic carbocycles. The summed E-state index contributed by atoms with van der Waals surface area (Å²) in [5.74, 6) is 1.83. The zero-order chi connectivity index (χ0) is 46.2. The molecule has 8 aromatic rings. The number of thiophene rings is 1. The highest BCUT2D eigenvalue weighted by molar-refractivity contribution is 7.26. The lowest BCUT2D eigenvalue weighted by Crippen LogP contribution is -2.45. The number of unbranched alkanes of at least 4 members (excludes halogenated alkanes) is 4. The Balaban J connectivity index is 0.917. The normalized spacial score (nSPS) is 15.4. The second-order valence-corrected chi connectivity index (χ2v) is 20.1. The van der Waals surface area contributed by atoms with E-state index in [-0.39, 0.29) is 10.8 Å². The van der Waals surface area contributed by atoms with Crippen LogP contribution in [0.2, 0.25) is 0 Å². The van der Waals surface area contributed by atoms with E-state index in [0.29, 0.717) is 37.4 Å². The van der Waals surface area contributed by atoms with Crippen molar-refractivity contribution in [3.8, 4) is 28.7 Å². The lowest BCUT2D eigenvalue weighted by atomic mass is 9.84. The van der Waals surface area contributed by atoms with E-state index in [1.165, 1.54) is 31.1 Å². The first-order valence-corrected chi connectivity index (χ1v) is 25.6. The summed E-state index contributed by atoms with van der Waals surface area (Å²) in [6.07, 6.45) is 8.48. The van der Waals surface area contributed by atoms with Gasteiger partial charge in [0.05, 0.1) is 63.9 Å². The Kier molecular flexibility index (Phi) is 14.9. The molecule has 354 valence electrons. The standard InChI is InChI=1S/C57H64N4O6S/c1-3-56(37-66-38-56)35-64-29-15-7-13-27-62-33-41-21-23-47-45(31-41)51-48(61(47)55-59-53(43-17-9-5-10-18-43)58-54(60-55)44-19-11-6-12-20-44)24-26-50-52(51)46-32-42(22-25-49(46)68-50)34-63-28-14-8-16-30-65-36-57(4-2)39-67-40-57/h5-6,9-12,17-26,31-32H,3-4,7-8,13-16,27-30,33-40H2,1-2H3. The first kappa shape index (κ1) is 46.6. The summed E-state index contributed by atoms with van der Waals surface area (Å²) in [5.41, 5.74) is 6.73. The molecule has 0 bridgehead atoms. The molecule has 0 atom stereocenters. The number of aromatic nitrogens is 4. The minimum absolute atomic E-state index is 0.235. The van der Waals surface area contributed by atoms with Gasteiger partial charge in [0.1, 0.15) is 0 Å². The quantitative estimate of drug-likeness (QED) is 0.0519. The van der Waals surface area contributed by atoms with Crippen LogP contribution in [-0.2, 0) is 41.6 Å². The topological polar surface area (TPSA) is 99.0 Å². The van der Waals surface area contributed by atoms with Crippen molar-refractivity contribution in [2.75, 3.05) is 66.1 Å². The van der Waals surface area contributed by atoms with Crippen molar-refractivity contribution in [1.29, 1.82) is 0 Å². The highest BCUT2D eigenvalue weighted by Crippen LogP contribution is 2.44. The summed E-state index contributed by atoms with van der Waals surface area (Å²) in [6.45, 7) is 13.5. The van der Waals surface area contributed by atoms with Gasteiger partial charge in [0.15, 0.2) is 11.6 Å². The molecule has 2 fully saturated rings. The maximum Gasteiger partial charge on any atom is 0.238 e. The van der Waals surface area contributed by atoms with Crippen LogP contribution in [0.4, 0.5) is 0 Å². The highest BCUT2D eigenvalue weighted by Gasteiger charge is 2.37. The molecule has 0 unspecified atom stereocenters. The minimum Gasteiger partial charge on any atom is -0.381 e. The predicted molar refractivity (Wildman–Crippen MR) is 274 cm³/mol. The molecular weight excluding hydrogens is 869 g/mol. The Morgan fingerprint density at radius 3 is 1.54 bits per heavy atom. The average Bonchev–Trinajstić information content (AvgIpc) is 3.89. The molecule has 0 aliphatic carbocycles. The maximum atomic E-state index is 6.35. The summed E-state index contributed by atoms with van der Waals surface area (Å²) in [5, 5.41) is 4.80. The SMILES string of the molecule is CCC1(COCCCCCOCc2ccc3sc4ccc5c(c6cc(COCCCCCOCC7(CC)COC7)ccc6n5-c5nc(-c6ccccc6)nc(-c6ccccc6)n5)c4c3c2)COC1. The van der Waals surface area contributed by atoms with E-state index < -0.39 is 0 Å². The molecule has 0 amide bonds. The van der Waals surface area contributed by atoms with Gasteiger partial charge in [-0.3, -0.25) is 4.57 Å². The number of benzene rings is 5. The second kappa shape index (κ2) is 21.7. The Morgan fingerprint density at radius 2 is 1.01 bits per heavy atom. The zero-order valence-corrected chi connectivity index (χ0v) is 40.5. The van der Waals surface area contributed by atoms with Crippen molar-refractivity contribution in [2.45, 2.75) is 78.4 Å². The van der Waals surface area contributed by atoms with E-state index in [4.69, 9.17) is 43.4 Å². The van der Waals surface area contributed by atoms with E-state index in [2.05, 4.69) is 91.2 Å². The minimum atomic E-state index is 0.235. The predicted octanol–water partition coefficient (Wildman–Crippen LogP) is 12.9. The summed E-state index contributed by atoms with van der Waals surface area (Å²) in [6, 6.07) is 38.4. The van der Waals surface area contributed by atoms with Crippen LogP contribution in [0, 0.1) is 10.8 Å². The van der Waals surface area contributed by atoms with Gasteiger partial charge < -0.3 is 28.4 Å². The van der Waals surface area contributed by atoms with Crippen molar-refractivity contribution in [1.82, 2.24) is 19.5 Å². The van der Waals surface area contributed by atoms with E-state index >= 15 is 0 Å². The summed E-state index contributed by atoms with van der Waals surface area (Å²) < 4.78 is 40.3. The molecule has 5 heterocycles. The molecule has 10 nitrogen and oxygen atoms in total. The summed E-state index contributed by atoms with van der Waals surface area (Å²) in [7, 11) is 0. The molecule has 0 saturated carbocycles. The number of ether oxygens (including phenoxy) is 6. The van der Waals surface area contributed by atoms with Crippen molar-refractivity contribution < 1.29 is 28.4 Å². The van der Waals surface area contributed by atoms with Crippen molar-refractivity contribution in [3.05, 3.63) is 120 Å². The third kappa shape index (κ3) is 10.3. The van der Waals surface area contributed by atoms with Crippen molar-refractivity contribution in [3.63, 3.8) is 0 Å². The zero-order valence-electron chi connectivity index (χ0n) is 39.7. The number of rotatable bonds is 25. The molecule has 0 N–H and O–H groups in total.